The van der Waals surface area contributed by atoms with Crippen LogP contribution in [0.2, 0.25) is 0 Å². The Balaban J connectivity index is 1.57. The Morgan fingerprint density at radius 1 is 1.05 bits per heavy atom. The number of likely N-dealkylation sites (tertiary alicyclic amines) is 2. The number of rotatable bonds is 4. The van der Waals surface area contributed by atoms with Crippen molar-refractivity contribution in [2.45, 2.75) is 44.7 Å². The zero-order chi connectivity index (χ0) is 14.5. The van der Waals surface area contributed by atoms with Gasteiger partial charge >= 0.3 is 0 Å². The van der Waals surface area contributed by atoms with Crippen molar-refractivity contribution in [3.8, 4) is 0 Å². The molecule has 1 atom stereocenters. The monoisotopic (exact) mass is 287 g/mol. The third kappa shape index (κ3) is 4.45. The molecule has 1 N–H and O–H groups in total. The van der Waals surface area contributed by atoms with Gasteiger partial charge in [-0.15, -0.1) is 0 Å². The van der Waals surface area contributed by atoms with Gasteiger partial charge in [0.1, 0.15) is 0 Å². The van der Waals surface area contributed by atoms with E-state index in [0.29, 0.717) is 6.04 Å². The topological polar surface area (TPSA) is 18.5 Å². The Morgan fingerprint density at radius 3 is 2.76 bits per heavy atom. The highest BCUT2D eigenvalue weighted by Gasteiger charge is 2.15. The summed E-state index contributed by atoms with van der Waals surface area (Å²) in [4.78, 5) is 5.02. The average molecular weight is 287 g/mol. The molecule has 3 nitrogen and oxygen atoms in total. The van der Waals surface area contributed by atoms with Crippen LogP contribution < -0.4 is 5.32 Å². The molecular formula is C18H29N3. The molecule has 2 aliphatic rings. The summed E-state index contributed by atoms with van der Waals surface area (Å²) in [6.45, 7) is 6.11. The van der Waals surface area contributed by atoms with Gasteiger partial charge in [0, 0.05) is 18.3 Å². The maximum Gasteiger partial charge on any atom is 0.0345 e. The second-order valence-electron chi connectivity index (χ2n) is 6.76. The lowest BCUT2D eigenvalue weighted by Gasteiger charge is -2.20. The first-order valence-corrected chi connectivity index (χ1v) is 8.56. The average Bonchev–Trinajstić information content (AvgIpc) is 2.89. The van der Waals surface area contributed by atoms with Gasteiger partial charge in [0.05, 0.1) is 0 Å². The van der Waals surface area contributed by atoms with E-state index in [1.807, 2.05) is 0 Å². The molecule has 3 heteroatoms. The molecular weight excluding hydrogens is 258 g/mol. The highest BCUT2D eigenvalue weighted by Crippen LogP contribution is 2.19. The van der Waals surface area contributed by atoms with Gasteiger partial charge in [-0.25, -0.2) is 0 Å². The molecule has 1 unspecified atom stereocenters. The van der Waals surface area contributed by atoms with Crippen LogP contribution in [-0.4, -0.2) is 49.1 Å². The molecule has 2 aliphatic heterocycles. The first-order chi connectivity index (χ1) is 10.3. The van der Waals surface area contributed by atoms with Gasteiger partial charge in [-0.05, 0) is 83.0 Å². The third-order valence-electron chi connectivity index (χ3n) is 4.85. The van der Waals surface area contributed by atoms with Crippen molar-refractivity contribution in [3.63, 3.8) is 0 Å². The van der Waals surface area contributed by atoms with Crippen LogP contribution in [0, 0.1) is 0 Å². The van der Waals surface area contributed by atoms with Crippen LogP contribution in [0.4, 0.5) is 5.69 Å². The van der Waals surface area contributed by atoms with Crippen LogP contribution in [0.5, 0.6) is 0 Å². The van der Waals surface area contributed by atoms with Gasteiger partial charge in [0.2, 0.25) is 0 Å². The van der Waals surface area contributed by atoms with E-state index < -0.39 is 0 Å². The second kappa shape index (κ2) is 7.28. The Kier molecular flexibility index (Phi) is 5.15. The number of hydrogen-bond acceptors (Lipinski definition) is 3. The van der Waals surface area contributed by atoms with Gasteiger partial charge in [-0.2, -0.15) is 0 Å². The second-order valence-corrected chi connectivity index (χ2v) is 6.76. The van der Waals surface area contributed by atoms with Gasteiger partial charge in [-0.3, -0.25) is 4.90 Å². The highest BCUT2D eigenvalue weighted by atomic mass is 15.1. The van der Waals surface area contributed by atoms with Crippen molar-refractivity contribution in [1.82, 2.24) is 9.80 Å². The minimum absolute atomic E-state index is 0.636. The maximum atomic E-state index is 3.76. The predicted octanol–water partition coefficient (Wildman–Crippen LogP) is 3.18. The third-order valence-corrected chi connectivity index (χ3v) is 4.85. The van der Waals surface area contributed by atoms with E-state index in [2.05, 4.69) is 46.4 Å². The summed E-state index contributed by atoms with van der Waals surface area (Å²) in [5, 5.41) is 3.76. The van der Waals surface area contributed by atoms with Crippen LogP contribution in [-0.2, 0) is 6.54 Å². The lowest BCUT2D eigenvalue weighted by Crippen LogP contribution is -2.23. The molecule has 0 amide bonds. The van der Waals surface area contributed by atoms with Crippen molar-refractivity contribution in [2.24, 2.45) is 0 Å². The van der Waals surface area contributed by atoms with E-state index in [0.717, 1.165) is 6.54 Å². The first kappa shape index (κ1) is 14.9. The number of nitrogens with one attached hydrogen (secondary N) is 1. The summed E-state index contributed by atoms with van der Waals surface area (Å²) in [5.41, 5.74) is 2.76. The molecule has 116 valence electrons. The molecule has 0 radical (unpaired) electrons. The summed E-state index contributed by atoms with van der Waals surface area (Å²) in [6.07, 6.45) is 6.59. The SMILES string of the molecule is CN1CCCC(Nc2cccc(CN3CCCC3)c2)CC1. The fraction of sp³-hybridized carbons (Fsp3) is 0.667. The van der Waals surface area contributed by atoms with Gasteiger partial charge in [0.25, 0.3) is 0 Å². The van der Waals surface area contributed by atoms with Crippen molar-refractivity contribution in [2.75, 3.05) is 38.5 Å². The van der Waals surface area contributed by atoms with E-state index in [1.54, 1.807) is 0 Å². The van der Waals surface area contributed by atoms with Crippen molar-refractivity contribution in [1.29, 1.82) is 0 Å². The minimum Gasteiger partial charge on any atom is -0.382 e. The van der Waals surface area contributed by atoms with Crippen LogP contribution >= 0.6 is 0 Å². The summed E-state index contributed by atoms with van der Waals surface area (Å²) < 4.78 is 0. The molecule has 3 rings (SSSR count). The minimum atomic E-state index is 0.636. The molecule has 0 aromatic heterocycles. The van der Waals surface area contributed by atoms with Crippen molar-refractivity contribution in [3.05, 3.63) is 29.8 Å². The molecule has 2 saturated heterocycles. The van der Waals surface area contributed by atoms with Crippen molar-refractivity contribution >= 4 is 5.69 Å². The molecule has 0 aliphatic carbocycles. The predicted molar refractivity (Wildman–Crippen MR) is 89.7 cm³/mol. The fourth-order valence-electron chi connectivity index (χ4n) is 3.58. The lowest BCUT2D eigenvalue weighted by molar-refractivity contribution is 0.331. The summed E-state index contributed by atoms with van der Waals surface area (Å²) in [6, 6.07) is 9.69. The number of benzene rings is 1. The van der Waals surface area contributed by atoms with Gasteiger partial charge in [-0.1, -0.05) is 12.1 Å². The standard InChI is InChI=1S/C18H29N3/c1-20-10-5-8-17(9-13-20)19-18-7-4-6-16(14-18)15-21-11-2-3-12-21/h4,6-7,14,17,19H,2-3,5,8-13,15H2,1H3. The Bertz CT molecular complexity index is 440. The maximum absolute atomic E-state index is 3.76. The zero-order valence-corrected chi connectivity index (χ0v) is 13.4. The highest BCUT2D eigenvalue weighted by molar-refractivity contribution is 5.46. The van der Waals surface area contributed by atoms with E-state index in [4.69, 9.17) is 0 Å². The quantitative estimate of drug-likeness (QED) is 0.917. The molecule has 0 spiro atoms. The Labute approximate surface area is 129 Å². The fourth-order valence-corrected chi connectivity index (χ4v) is 3.58. The number of hydrogen-bond donors (Lipinski definition) is 1. The normalized spacial score (nSPS) is 24.9. The van der Waals surface area contributed by atoms with Crippen LogP contribution in [0.15, 0.2) is 24.3 Å². The molecule has 1 aromatic rings. The lowest BCUT2D eigenvalue weighted by atomic mass is 10.1. The van der Waals surface area contributed by atoms with E-state index >= 15 is 0 Å². The summed E-state index contributed by atoms with van der Waals surface area (Å²) in [5.74, 6) is 0. The van der Waals surface area contributed by atoms with Crippen LogP contribution in [0.25, 0.3) is 0 Å². The van der Waals surface area contributed by atoms with E-state index in [1.165, 1.54) is 69.5 Å². The molecule has 21 heavy (non-hydrogen) atoms. The first-order valence-electron chi connectivity index (χ1n) is 8.56. The molecule has 0 bridgehead atoms. The van der Waals surface area contributed by atoms with E-state index in [9.17, 15) is 0 Å². The molecule has 1 aromatic carbocycles. The van der Waals surface area contributed by atoms with Crippen molar-refractivity contribution < 1.29 is 0 Å². The molecule has 2 fully saturated rings. The Morgan fingerprint density at radius 2 is 1.90 bits per heavy atom. The van der Waals surface area contributed by atoms with E-state index in [-0.39, 0.29) is 0 Å². The number of anilines is 1. The summed E-state index contributed by atoms with van der Waals surface area (Å²) >= 11 is 0. The van der Waals surface area contributed by atoms with Crippen LogP contribution in [0.3, 0.4) is 0 Å². The summed E-state index contributed by atoms with van der Waals surface area (Å²) in [7, 11) is 2.24. The van der Waals surface area contributed by atoms with Crippen LogP contribution in [0.1, 0.15) is 37.7 Å². The largest absolute Gasteiger partial charge is 0.382 e. The molecule has 2 heterocycles. The number of nitrogens with zero attached hydrogens (tertiary/aromatic N) is 2. The van der Waals surface area contributed by atoms with Gasteiger partial charge in [0.15, 0.2) is 0 Å². The van der Waals surface area contributed by atoms with Gasteiger partial charge < -0.3 is 10.2 Å². The smallest absolute Gasteiger partial charge is 0.0345 e. The Hall–Kier alpha value is -1.06. The molecule has 0 saturated carbocycles. The zero-order valence-electron chi connectivity index (χ0n) is 13.4.